The normalized spacial score (nSPS) is 16.6. The molecule has 2 atom stereocenters. The summed E-state index contributed by atoms with van der Waals surface area (Å²) in [4.78, 5) is 26.4. The smallest absolute Gasteiger partial charge is 0.250 e. The maximum atomic E-state index is 13.0. The average Bonchev–Trinajstić information content (AvgIpc) is 2.98. The molecule has 2 N–H and O–H groups in total. The third-order valence-corrected chi connectivity index (χ3v) is 4.64. The fourth-order valence-electron chi connectivity index (χ4n) is 3.40. The van der Waals surface area contributed by atoms with Crippen molar-refractivity contribution >= 4 is 28.9 Å². The highest BCUT2D eigenvalue weighted by Gasteiger charge is 2.32. The summed E-state index contributed by atoms with van der Waals surface area (Å²) in [5, 5.41) is 5.99. The minimum absolute atomic E-state index is 0.0149. The third kappa shape index (κ3) is 4.28. The number of benzene rings is 2. The summed E-state index contributed by atoms with van der Waals surface area (Å²) in [5.41, 5.74) is 3.71. The van der Waals surface area contributed by atoms with Crippen LogP contribution in [0.1, 0.15) is 19.4 Å². The van der Waals surface area contributed by atoms with E-state index in [0.717, 1.165) is 17.8 Å². The SMILES string of the molecule is COCC(=O)Nc1ccc(N[C@H](C)C(=O)N2c3ccccc3C[C@@H]2C)cc1. The molecule has 142 valence electrons. The molecule has 0 aliphatic carbocycles. The van der Waals surface area contributed by atoms with Gasteiger partial charge in [0.05, 0.1) is 0 Å². The van der Waals surface area contributed by atoms with Crippen molar-refractivity contribution in [1.29, 1.82) is 0 Å². The van der Waals surface area contributed by atoms with Crippen molar-refractivity contribution in [3.05, 3.63) is 54.1 Å². The number of fused-ring (bicyclic) bond motifs is 1. The zero-order valence-electron chi connectivity index (χ0n) is 15.9. The Morgan fingerprint density at radius 1 is 1.15 bits per heavy atom. The maximum absolute atomic E-state index is 13.0. The van der Waals surface area contributed by atoms with Gasteiger partial charge in [0.15, 0.2) is 0 Å². The lowest BCUT2D eigenvalue weighted by molar-refractivity contribution is -0.120. The van der Waals surface area contributed by atoms with Crippen molar-refractivity contribution in [2.24, 2.45) is 0 Å². The Morgan fingerprint density at radius 2 is 1.81 bits per heavy atom. The molecule has 0 saturated heterocycles. The van der Waals surface area contributed by atoms with E-state index in [1.807, 2.05) is 42.2 Å². The first-order valence-electron chi connectivity index (χ1n) is 9.06. The lowest BCUT2D eigenvalue weighted by Gasteiger charge is -2.27. The van der Waals surface area contributed by atoms with E-state index in [0.29, 0.717) is 5.69 Å². The number of amides is 2. The zero-order valence-corrected chi connectivity index (χ0v) is 15.9. The van der Waals surface area contributed by atoms with Crippen molar-refractivity contribution in [2.75, 3.05) is 29.3 Å². The summed E-state index contributed by atoms with van der Waals surface area (Å²) < 4.78 is 4.79. The van der Waals surface area contributed by atoms with Crippen molar-refractivity contribution in [3.63, 3.8) is 0 Å². The summed E-state index contributed by atoms with van der Waals surface area (Å²) >= 11 is 0. The Labute approximate surface area is 159 Å². The molecule has 0 spiro atoms. The summed E-state index contributed by atoms with van der Waals surface area (Å²) in [6.45, 7) is 3.95. The number of carbonyl (C=O) groups is 2. The fourth-order valence-corrected chi connectivity index (χ4v) is 3.40. The van der Waals surface area contributed by atoms with Gasteiger partial charge in [0.25, 0.3) is 0 Å². The predicted molar refractivity (Wildman–Crippen MR) is 107 cm³/mol. The zero-order chi connectivity index (χ0) is 19.4. The van der Waals surface area contributed by atoms with Gasteiger partial charge in [-0.25, -0.2) is 0 Å². The Balaban J connectivity index is 1.64. The second kappa shape index (κ2) is 8.22. The molecule has 3 rings (SSSR count). The van der Waals surface area contributed by atoms with E-state index in [4.69, 9.17) is 4.74 Å². The van der Waals surface area contributed by atoms with E-state index < -0.39 is 0 Å². The van der Waals surface area contributed by atoms with Crippen molar-refractivity contribution < 1.29 is 14.3 Å². The van der Waals surface area contributed by atoms with Gasteiger partial charge in [-0.1, -0.05) is 18.2 Å². The molecule has 2 aromatic rings. The topological polar surface area (TPSA) is 70.7 Å². The van der Waals surface area contributed by atoms with Crippen LogP contribution in [-0.2, 0) is 20.7 Å². The van der Waals surface area contributed by atoms with Gasteiger partial charge < -0.3 is 20.3 Å². The van der Waals surface area contributed by atoms with Gasteiger partial charge in [0.2, 0.25) is 11.8 Å². The van der Waals surface area contributed by atoms with Gasteiger partial charge >= 0.3 is 0 Å². The number of nitrogens with zero attached hydrogens (tertiary/aromatic N) is 1. The van der Waals surface area contributed by atoms with Gasteiger partial charge in [-0.3, -0.25) is 9.59 Å². The monoisotopic (exact) mass is 367 g/mol. The molecule has 6 heteroatoms. The largest absolute Gasteiger partial charge is 0.375 e. The lowest BCUT2D eigenvalue weighted by atomic mass is 10.1. The van der Waals surface area contributed by atoms with Gasteiger partial charge in [0, 0.05) is 30.2 Å². The summed E-state index contributed by atoms with van der Waals surface area (Å²) in [6, 6.07) is 15.1. The number of ether oxygens (including phenoxy) is 1. The molecule has 0 saturated carbocycles. The van der Waals surface area contributed by atoms with Crippen LogP contribution in [0.25, 0.3) is 0 Å². The molecule has 1 aliphatic heterocycles. The van der Waals surface area contributed by atoms with Crippen LogP contribution in [0.2, 0.25) is 0 Å². The summed E-state index contributed by atoms with van der Waals surface area (Å²) in [6.07, 6.45) is 0.879. The van der Waals surface area contributed by atoms with Crippen LogP contribution in [0.5, 0.6) is 0 Å². The van der Waals surface area contributed by atoms with Crippen LogP contribution in [-0.4, -0.2) is 37.6 Å². The molecule has 1 heterocycles. The molecule has 0 bridgehead atoms. The first-order chi connectivity index (χ1) is 13.0. The molecule has 6 nitrogen and oxygen atoms in total. The third-order valence-electron chi connectivity index (χ3n) is 4.64. The molecule has 0 radical (unpaired) electrons. The maximum Gasteiger partial charge on any atom is 0.250 e. The Hall–Kier alpha value is -2.86. The number of rotatable bonds is 6. The highest BCUT2D eigenvalue weighted by molar-refractivity contribution is 6.00. The minimum atomic E-state index is -0.368. The first-order valence-corrected chi connectivity index (χ1v) is 9.06. The minimum Gasteiger partial charge on any atom is -0.375 e. The Kier molecular flexibility index (Phi) is 5.76. The number of para-hydroxylation sites is 1. The number of nitrogens with one attached hydrogen (secondary N) is 2. The number of hydrogen-bond donors (Lipinski definition) is 2. The van der Waals surface area contributed by atoms with E-state index in [1.165, 1.54) is 12.7 Å². The van der Waals surface area contributed by atoms with Gasteiger partial charge in [0.1, 0.15) is 12.6 Å². The van der Waals surface area contributed by atoms with Crippen LogP contribution >= 0.6 is 0 Å². The molecular formula is C21H25N3O3. The second-order valence-electron chi connectivity index (χ2n) is 6.81. The first kappa shape index (κ1) is 18.9. The molecule has 27 heavy (non-hydrogen) atoms. The summed E-state index contributed by atoms with van der Waals surface area (Å²) in [7, 11) is 1.48. The molecule has 0 fully saturated rings. The van der Waals surface area contributed by atoms with Gasteiger partial charge in [-0.2, -0.15) is 0 Å². The Bertz CT molecular complexity index is 820. The predicted octanol–water partition coefficient (Wildman–Crippen LogP) is 3.05. The van der Waals surface area contributed by atoms with E-state index in [9.17, 15) is 9.59 Å². The van der Waals surface area contributed by atoms with E-state index in [2.05, 4.69) is 23.6 Å². The number of carbonyl (C=O) groups excluding carboxylic acids is 2. The number of methoxy groups -OCH3 is 1. The highest BCUT2D eigenvalue weighted by atomic mass is 16.5. The van der Waals surface area contributed by atoms with Crippen LogP contribution < -0.4 is 15.5 Å². The van der Waals surface area contributed by atoms with E-state index >= 15 is 0 Å². The standard InChI is InChI=1S/C21H25N3O3/c1-14-12-16-6-4-5-7-19(16)24(14)21(26)15(2)22-17-8-10-18(11-9-17)23-20(25)13-27-3/h4-11,14-15,22H,12-13H2,1-3H3,(H,23,25)/t14-,15+/m0/s1. The Morgan fingerprint density at radius 3 is 2.52 bits per heavy atom. The van der Waals surface area contributed by atoms with Crippen molar-refractivity contribution in [2.45, 2.75) is 32.4 Å². The molecule has 0 unspecified atom stereocenters. The van der Waals surface area contributed by atoms with Crippen LogP contribution in [0.15, 0.2) is 48.5 Å². The average molecular weight is 367 g/mol. The second-order valence-corrected chi connectivity index (χ2v) is 6.81. The van der Waals surface area contributed by atoms with Crippen molar-refractivity contribution in [3.8, 4) is 0 Å². The molecular weight excluding hydrogens is 342 g/mol. The molecule has 2 aromatic carbocycles. The number of anilines is 3. The molecule has 1 aliphatic rings. The van der Waals surface area contributed by atoms with Crippen LogP contribution in [0.3, 0.4) is 0 Å². The van der Waals surface area contributed by atoms with Gasteiger partial charge in [-0.05, 0) is 56.2 Å². The van der Waals surface area contributed by atoms with E-state index in [-0.39, 0.29) is 30.5 Å². The number of hydrogen-bond acceptors (Lipinski definition) is 4. The lowest BCUT2D eigenvalue weighted by Crippen LogP contribution is -2.44. The van der Waals surface area contributed by atoms with E-state index in [1.54, 1.807) is 12.1 Å². The molecule has 2 amide bonds. The van der Waals surface area contributed by atoms with Crippen LogP contribution in [0, 0.1) is 0 Å². The van der Waals surface area contributed by atoms with Crippen LogP contribution in [0.4, 0.5) is 17.1 Å². The van der Waals surface area contributed by atoms with Gasteiger partial charge in [-0.15, -0.1) is 0 Å². The fraction of sp³-hybridized carbons (Fsp3) is 0.333. The quantitative estimate of drug-likeness (QED) is 0.823. The molecule has 0 aromatic heterocycles. The van der Waals surface area contributed by atoms with Crippen molar-refractivity contribution in [1.82, 2.24) is 0 Å². The summed E-state index contributed by atoms with van der Waals surface area (Å²) in [5.74, 6) is -0.159. The highest BCUT2D eigenvalue weighted by Crippen LogP contribution is 2.32.